The zero-order chi connectivity index (χ0) is 24.0. The molecule has 3 rings (SSSR count). The van der Waals surface area contributed by atoms with Gasteiger partial charge in [0.15, 0.2) is 0 Å². The molecule has 0 radical (unpaired) electrons. The molecule has 0 spiro atoms. The van der Waals surface area contributed by atoms with Crippen molar-refractivity contribution in [2.24, 2.45) is 10.8 Å². The van der Waals surface area contributed by atoms with E-state index in [2.05, 4.69) is 34.0 Å². The maximum Gasteiger partial charge on any atom is 0.408 e. The van der Waals surface area contributed by atoms with E-state index in [4.69, 9.17) is 15.2 Å². The summed E-state index contributed by atoms with van der Waals surface area (Å²) in [6.45, 7) is 5.40. The van der Waals surface area contributed by atoms with E-state index in [1.165, 1.54) is 11.1 Å². The number of ether oxygens (including phenoxy) is 2. The van der Waals surface area contributed by atoms with Gasteiger partial charge in [-0.15, -0.1) is 5.10 Å². The number of fused-ring (bicyclic) bond motifs is 3. The van der Waals surface area contributed by atoms with Gasteiger partial charge in [0, 0.05) is 0 Å². The van der Waals surface area contributed by atoms with E-state index in [1.807, 2.05) is 24.3 Å². The molecule has 0 bridgehead atoms. The predicted molar refractivity (Wildman–Crippen MR) is 123 cm³/mol. The van der Waals surface area contributed by atoms with Gasteiger partial charge in [-0.2, -0.15) is 0 Å². The molecule has 174 valence electrons. The molecular formula is C24H28N4O5. The molecule has 1 atom stereocenters. The van der Waals surface area contributed by atoms with E-state index in [0.29, 0.717) is 6.29 Å². The van der Waals surface area contributed by atoms with Gasteiger partial charge in [0.25, 0.3) is 0 Å². The number of carbonyl (C=O) groups excluding carboxylic acids is 3. The first-order valence-electron chi connectivity index (χ1n) is 10.5. The first kappa shape index (κ1) is 23.8. The van der Waals surface area contributed by atoms with Crippen LogP contribution in [-0.2, 0) is 27.3 Å². The van der Waals surface area contributed by atoms with E-state index in [-0.39, 0.29) is 18.9 Å². The predicted octanol–water partition coefficient (Wildman–Crippen LogP) is 3.24. The van der Waals surface area contributed by atoms with Crippen molar-refractivity contribution in [3.8, 4) is 11.1 Å². The highest BCUT2D eigenvalue weighted by Crippen LogP contribution is 2.38. The van der Waals surface area contributed by atoms with E-state index < -0.39 is 23.8 Å². The summed E-state index contributed by atoms with van der Waals surface area (Å²) in [6.07, 6.45) is 0.481. The maximum absolute atomic E-state index is 12.4. The number of nitrogens with one attached hydrogen (secondary N) is 2. The number of carbonyl (C=O) groups is 3. The summed E-state index contributed by atoms with van der Waals surface area (Å²) in [4.78, 5) is 34.9. The number of hydrogen-bond donors (Lipinski definition) is 3. The molecule has 0 unspecified atom stereocenters. The van der Waals surface area contributed by atoms with Crippen LogP contribution >= 0.6 is 0 Å². The molecule has 1 aliphatic carbocycles. The molecule has 1 aliphatic rings. The fourth-order valence-electron chi connectivity index (χ4n) is 3.60. The Morgan fingerprint density at radius 1 is 1.15 bits per heavy atom. The number of nitrogens with zero attached hydrogens (tertiary/aromatic N) is 1. The molecule has 0 heterocycles. The fourth-order valence-corrected chi connectivity index (χ4v) is 3.60. The summed E-state index contributed by atoms with van der Waals surface area (Å²) >= 11 is 0. The van der Waals surface area contributed by atoms with Crippen molar-refractivity contribution in [1.82, 2.24) is 10.7 Å². The topological polar surface area (TPSA) is 132 Å². The van der Waals surface area contributed by atoms with E-state index >= 15 is 0 Å². The van der Waals surface area contributed by atoms with Crippen molar-refractivity contribution in [2.45, 2.75) is 51.9 Å². The van der Waals surface area contributed by atoms with Crippen LogP contribution in [-0.4, -0.2) is 36.0 Å². The Morgan fingerprint density at radius 3 is 2.58 bits per heavy atom. The lowest BCUT2D eigenvalue weighted by Crippen LogP contribution is -2.40. The molecule has 2 aromatic carbocycles. The van der Waals surface area contributed by atoms with Gasteiger partial charge in [-0.1, -0.05) is 42.5 Å². The molecule has 0 fully saturated rings. The van der Waals surface area contributed by atoms with E-state index in [1.54, 1.807) is 20.8 Å². The molecule has 0 saturated carbocycles. The summed E-state index contributed by atoms with van der Waals surface area (Å²) in [6, 6.07) is 12.3. The maximum atomic E-state index is 12.4. The molecule has 2 aromatic rings. The molecular weight excluding hydrogens is 424 g/mol. The van der Waals surface area contributed by atoms with Gasteiger partial charge < -0.3 is 25.3 Å². The zero-order valence-corrected chi connectivity index (χ0v) is 18.9. The number of hydrogen-bond acceptors (Lipinski definition) is 6. The van der Waals surface area contributed by atoms with Gasteiger partial charge in [-0.3, -0.25) is 0 Å². The van der Waals surface area contributed by atoms with Crippen LogP contribution in [0.25, 0.3) is 11.1 Å². The highest BCUT2D eigenvalue weighted by atomic mass is 16.5. The largest absolute Gasteiger partial charge is 0.474 e. The highest BCUT2D eigenvalue weighted by molar-refractivity contribution is 5.84. The number of benzene rings is 2. The van der Waals surface area contributed by atoms with Crippen LogP contribution in [0.15, 0.2) is 47.6 Å². The van der Waals surface area contributed by atoms with Crippen LogP contribution in [0.2, 0.25) is 0 Å². The average molecular weight is 453 g/mol. The zero-order valence-electron chi connectivity index (χ0n) is 18.9. The molecule has 4 N–H and O–H groups in total. The van der Waals surface area contributed by atoms with Crippen molar-refractivity contribution in [3.63, 3.8) is 0 Å². The van der Waals surface area contributed by atoms with Crippen LogP contribution in [0.5, 0.6) is 0 Å². The number of urea groups is 1. The second-order valence-corrected chi connectivity index (χ2v) is 8.64. The Bertz CT molecular complexity index is 1070. The summed E-state index contributed by atoms with van der Waals surface area (Å²) in [7, 11) is 0. The fraction of sp³-hybridized carbons (Fsp3) is 0.333. The lowest BCUT2D eigenvalue weighted by Gasteiger charge is -2.23. The third-order valence-electron chi connectivity index (χ3n) is 4.88. The van der Waals surface area contributed by atoms with Crippen molar-refractivity contribution in [2.75, 3.05) is 0 Å². The van der Waals surface area contributed by atoms with Gasteiger partial charge >= 0.3 is 12.1 Å². The van der Waals surface area contributed by atoms with Gasteiger partial charge in [-0.05, 0) is 55.0 Å². The smallest absolute Gasteiger partial charge is 0.408 e. The summed E-state index contributed by atoms with van der Waals surface area (Å²) in [5, 5.41) is 6.27. The minimum atomic E-state index is -0.973. The van der Waals surface area contributed by atoms with Crippen LogP contribution in [0.4, 0.5) is 9.59 Å². The monoisotopic (exact) mass is 452 g/mol. The quantitative estimate of drug-likeness (QED) is 0.219. The van der Waals surface area contributed by atoms with Crippen molar-refractivity contribution in [1.29, 1.82) is 0 Å². The second kappa shape index (κ2) is 10.2. The SMILES string of the molecule is CC(C)(C)OC(C[C@@H](C=O)NC(=O)OCc1cccc2c1Cc1ccccc1-2)=NNC(N)=O. The Labute approximate surface area is 192 Å². The number of nitrogens with two attached hydrogens (primary N) is 1. The Morgan fingerprint density at radius 2 is 1.88 bits per heavy atom. The van der Waals surface area contributed by atoms with Crippen LogP contribution in [0.3, 0.4) is 0 Å². The minimum Gasteiger partial charge on any atom is -0.474 e. The Hall–Kier alpha value is -3.88. The molecule has 9 nitrogen and oxygen atoms in total. The molecule has 0 aliphatic heterocycles. The van der Waals surface area contributed by atoms with E-state index in [9.17, 15) is 14.4 Å². The third kappa shape index (κ3) is 6.55. The van der Waals surface area contributed by atoms with Gasteiger partial charge in [0.2, 0.25) is 5.90 Å². The average Bonchev–Trinajstić information content (AvgIpc) is 3.14. The lowest BCUT2D eigenvalue weighted by molar-refractivity contribution is -0.109. The number of aldehydes is 1. The normalized spacial score (nSPS) is 13.4. The molecule has 0 saturated heterocycles. The first-order chi connectivity index (χ1) is 15.7. The number of rotatable bonds is 7. The molecule has 33 heavy (non-hydrogen) atoms. The van der Waals surface area contributed by atoms with Crippen molar-refractivity contribution in [3.05, 3.63) is 59.2 Å². The molecule has 9 heteroatoms. The Kier molecular flexibility index (Phi) is 7.32. The van der Waals surface area contributed by atoms with Crippen LogP contribution in [0.1, 0.15) is 43.9 Å². The minimum absolute atomic E-state index is 0.0392. The molecule has 3 amide bonds. The standard InChI is InChI=1S/C24H28N4O5/c1-24(2,3)33-21(27-28-22(25)30)12-17(13-29)26-23(31)32-14-16-8-6-10-19-18-9-5-4-7-15(18)11-20(16)19/h4-10,13,17H,11-12,14H2,1-3H3,(H,26,31)(H3,25,28,30)/t17-/m0/s1. The van der Waals surface area contributed by atoms with Gasteiger partial charge in [-0.25, -0.2) is 15.0 Å². The lowest BCUT2D eigenvalue weighted by atomic mass is 10.0. The summed E-state index contributed by atoms with van der Waals surface area (Å²) in [5.41, 5.74) is 12.1. The number of primary amides is 1. The first-order valence-corrected chi connectivity index (χ1v) is 10.5. The molecule has 0 aromatic heterocycles. The van der Waals surface area contributed by atoms with Crippen LogP contribution in [0, 0.1) is 0 Å². The third-order valence-corrected chi connectivity index (χ3v) is 4.88. The van der Waals surface area contributed by atoms with Crippen LogP contribution < -0.4 is 16.5 Å². The summed E-state index contributed by atoms with van der Waals surface area (Å²) in [5.74, 6) is 0.0392. The van der Waals surface area contributed by atoms with Crippen molar-refractivity contribution >= 4 is 24.3 Å². The number of alkyl carbamates (subject to hydrolysis) is 1. The van der Waals surface area contributed by atoms with Gasteiger partial charge in [0.1, 0.15) is 18.5 Å². The number of hydrazone groups is 1. The second-order valence-electron chi connectivity index (χ2n) is 8.64. The van der Waals surface area contributed by atoms with Crippen molar-refractivity contribution < 1.29 is 23.9 Å². The summed E-state index contributed by atoms with van der Waals surface area (Å²) < 4.78 is 11.0. The Balaban J connectivity index is 1.61. The highest BCUT2D eigenvalue weighted by Gasteiger charge is 2.23. The van der Waals surface area contributed by atoms with E-state index in [0.717, 1.165) is 23.1 Å². The van der Waals surface area contributed by atoms with Gasteiger partial charge in [0.05, 0.1) is 12.5 Å². The number of amides is 3.